The van der Waals surface area contributed by atoms with Crippen LogP contribution in [0.1, 0.15) is 47.8 Å². The summed E-state index contributed by atoms with van der Waals surface area (Å²) in [5.41, 5.74) is 0.851. The molecule has 0 aliphatic carbocycles. The molecule has 0 spiro atoms. The highest BCUT2D eigenvalue weighted by atomic mass is 32.1. The Bertz CT molecular complexity index is 571. The number of carbonyl (C=O) groups is 1. The predicted molar refractivity (Wildman–Crippen MR) is 105 cm³/mol. The molecule has 5 nitrogen and oxygen atoms in total. The molecule has 0 aromatic carbocycles. The molecule has 0 radical (unpaired) electrons. The smallest absolute Gasteiger partial charge is 0.254 e. The summed E-state index contributed by atoms with van der Waals surface area (Å²) in [7, 11) is 0. The number of carbonyl (C=O) groups excluding carboxylic acids is 1. The Morgan fingerprint density at radius 1 is 1.35 bits per heavy atom. The fourth-order valence-electron chi connectivity index (χ4n) is 4.28. The van der Waals surface area contributed by atoms with Gasteiger partial charge in [-0.2, -0.15) is 0 Å². The molecule has 26 heavy (non-hydrogen) atoms. The van der Waals surface area contributed by atoms with Gasteiger partial charge in [0.2, 0.25) is 0 Å². The van der Waals surface area contributed by atoms with Crippen LogP contribution in [-0.2, 0) is 11.2 Å². The Balaban J connectivity index is 1.65. The van der Waals surface area contributed by atoms with E-state index in [0.29, 0.717) is 12.0 Å². The maximum Gasteiger partial charge on any atom is 0.254 e. The van der Waals surface area contributed by atoms with Gasteiger partial charge in [0.15, 0.2) is 0 Å². The number of morpholine rings is 1. The highest BCUT2D eigenvalue weighted by molar-refractivity contribution is 7.10. The molecule has 146 valence electrons. The summed E-state index contributed by atoms with van der Waals surface area (Å²) < 4.78 is 5.50. The summed E-state index contributed by atoms with van der Waals surface area (Å²) in [5.74, 6) is 0.615. The second-order valence-corrected chi connectivity index (χ2v) is 8.43. The molecule has 1 N–H and O–H groups in total. The fraction of sp³-hybridized carbons (Fsp3) is 0.750. The van der Waals surface area contributed by atoms with Crippen molar-refractivity contribution in [3.05, 3.63) is 21.9 Å². The predicted octanol–water partition coefficient (Wildman–Crippen LogP) is 2.64. The molecule has 2 aliphatic rings. The number of likely N-dealkylation sites (tertiary alicyclic amines) is 1. The first kappa shape index (κ1) is 19.8. The number of aliphatic hydroxyl groups is 1. The molecule has 3 heterocycles. The second-order valence-electron chi connectivity index (χ2n) is 7.43. The first-order valence-corrected chi connectivity index (χ1v) is 10.9. The van der Waals surface area contributed by atoms with Crippen LogP contribution in [0.25, 0.3) is 0 Å². The van der Waals surface area contributed by atoms with Crippen molar-refractivity contribution in [2.75, 3.05) is 46.0 Å². The number of hydrogen-bond donors (Lipinski definition) is 1. The Hall–Kier alpha value is -0.950. The summed E-state index contributed by atoms with van der Waals surface area (Å²) in [6.45, 7) is 7.62. The van der Waals surface area contributed by atoms with E-state index in [2.05, 4.69) is 17.9 Å². The van der Waals surface area contributed by atoms with Crippen LogP contribution in [0.4, 0.5) is 0 Å². The number of rotatable bonds is 7. The van der Waals surface area contributed by atoms with Crippen LogP contribution in [0, 0.1) is 5.92 Å². The molecule has 2 atom stereocenters. The number of ether oxygens (including phenoxy) is 1. The molecule has 0 bridgehead atoms. The van der Waals surface area contributed by atoms with Gasteiger partial charge in [0.1, 0.15) is 0 Å². The molecular formula is C20H32N2O3S. The van der Waals surface area contributed by atoms with E-state index in [0.717, 1.165) is 77.1 Å². The van der Waals surface area contributed by atoms with Crippen LogP contribution in [-0.4, -0.2) is 72.9 Å². The summed E-state index contributed by atoms with van der Waals surface area (Å²) in [4.78, 5) is 18.8. The Morgan fingerprint density at radius 3 is 2.88 bits per heavy atom. The van der Waals surface area contributed by atoms with Crippen molar-refractivity contribution < 1.29 is 14.6 Å². The number of nitrogens with zero attached hydrogens (tertiary/aromatic N) is 2. The third-order valence-electron chi connectivity index (χ3n) is 5.63. The van der Waals surface area contributed by atoms with Gasteiger partial charge in [-0.05, 0) is 37.7 Å². The molecule has 2 fully saturated rings. The van der Waals surface area contributed by atoms with Crippen molar-refractivity contribution in [2.24, 2.45) is 5.92 Å². The Morgan fingerprint density at radius 2 is 2.15 bits per heavy atom. The summed E-state index contributed by atoms with van der Waals surface area (Å²) in [6, 6.07) is 2.58. The van der Waals surface area contributed by atoms with E-state index in [1.54, 1.807) is 11.3 Å². The standard InChI is InChI=1S/C20H32N2O3S/c1-2-4-18-13-17(15-26-18)20(24)22-7-6-19(16(14-22)5-3-10-23)21-8-11-25-12-9-21/h13,15-16,19,23H,2-12,14H2,1H3/t16-,19+/m1/s1. The van der Waals surface area contributed by atoms with E-state index >= 15 is 0 Å². The Labute approximate surface area is 160 Å². The van der Waals surface area contributed by atoms with Gasteiger partial charge in [-0.1, -0.05) is 13.3 Å². The number of hydrogen-bond acceptors (Lipinski definition) is 5. The van der Waals surface area contributed by atoms with Crippen molar-refractivity contribution in [2.45, 2.75) is 45.1 Å². The van der Waals surface area contributed by atoms with Crippen LogP contribution in [0.15, 0.2) is 11.4 Å². The number of aryl methyl sites for hydroxylation is 1. The van der Waals surface area contributed by atoms with Crippen molar-refractivity contribution in [3.8, 4) is 0 Å². The number of aliphatic hydroxyl groups excluding tert-OH is 1. The first-order valence-electron chi connectivity index (χ1n) is 10.0. The lowest BCUT2D eigenvalue weighted by molar-refractivity contribution is -0.0196. The topological polar surface area (TPSA) is 53.0 Å². The van der Waals surface area contributed by atoms with Crippen LogP contribution < -0.4 is 0 Å². The van der Waals surface area contributed by atoms with Gasteiger partial charge in [-0.15, -0.1) is 11.3 Å². The van der Waals surface area contributed by atoms with Gasteiger partial charge < -0.3 is 14.7 Å². The van der Waals surface area contributed by atoms with Crippen molar-refractivity contribution in [1.29, 1.82) is 0 Å². The zero-order valence-electron chi connectivity index (χ0n) is 15.9. The minimum absolute atomic E-state index is 0.179. The van der Waals surface area contributed by atoms with Crippen molar-refractivity contribution in [3.63, 3.8) is 0 Å². The fourth-order valence-corrected chi connectivity index (χ4v) is 5.25. The Kier molecular flexibility index (Phi) is 7.49. The molecule has 0 unspecified atom stereocenters. The molecule has 6 heteroatoms. The lowest BCUT2D eigenvalue weighted by Gasteiger charge is -2.45. The third-order valence-corrected chi connectivity index (χ3v) is 6.62. The summed E-state index contributed by atoms with van der Waals surface area (Å²) in [6.07, 6.45) is 4.98. The average Bonchev–Trinajstić information content (AvgIpc) is 3.15. The molecule has 3 rings (SSSR count). The largest absolute Gasteiger partial charge is 0.396 e. The normalized spacial score (nSPS) is 24.8. The monoisotopic (exact) mass is 380 g/mol. The summed E-state index contributed by atoms with van der Waals surface area (Å²) >= 11 is 1.70. The van der Waals surface area contributed by atoms with E-state index < -0.39 is 0 Å². The van der Waals surface area contributed by atoms with Crippen molar-refractivity contribution in [1.82, 2.24) is 9.80 Å². The molecule has 2 aliphatic heterocycles. The zero-order valence-corrected chi connectivity index (χ0v) is 16.7. The minimum Gasteiger partial charge on any atom is -0.396 e. The van der Waals surface area contributed by atoms with E-state index in [-0.39, 0.29) is 12.5 Å². The lowest BCUT2D eigenvalue weighted by atomic mass is 9.86. The van der Waals surface area contributed by atoms with Gasteiger partial charge in [-0.25, -0.2) is 0 Å². The van der Waals surface area contributed by atoms with Gasteiger partial charge >= 0.3 is 0 Å². The maximum atomic E-state index is 13.0. The van der Waals surface area contributed by atoms with Crippen molar-refractivity contribution >= 4 is 17.2 Å². The molecule has 1 aromatic rings. The molecule has 1 amide bonds. The van der Waals surface area contributed by atoms with E-state index in [9.17, 15) is 9.90 Å². The number of thiophene rings is 1. The first-order chi connectivity index (χ1) is 12.7. The summed E-state index contributed by atoms with van der Waals surface area (Å²) in [5, 5.41) is 11.3. The van der Waals surface area contributed by atoms with Gasteiger partial charge in [0.05, 0.1) is 18.8 Å². The van der Waals surface area contributed by atoms with Crippen LogP contribution in [0.3, 0.4) is 0 Å². The lowest BCUT2D eigenvalue weighted by Crippen LogP contribution is -2.55. The highest BCUT2D eigenvalue weighted by Crippen LogP contribution is 2.28. The molecule has 2 saturated heterocycles. The second kappa shape index (κ2) is 9.83. The van der Waals surface area contributed by atoms with Crippen LogP contribution in [0.2, 0.25) is 0 Å². The van der Waals surface area contributed by atoms with Crippen LogP contribution >= 0.6 is 11.3 Å². The van der Waals surface area contributed by atoms with E-state index in [1.165, 1.54) is 4.88 Å². The van der Waals surface area contributed by atoms with Crippen LogP contribution in [0.5, 0.6) is 0 Å². The van der Waals surface area contributed by atoms with Gasteiger partial charge in [0.25, 0.3) is 5.91 Å². The maximum absolute atomic E-state index is 13.0. The average molecular weight is 381 g/mol. The zero-order chi connectivity index (χ0) is 18.4. The number of amides is 1. The minimum atomic E-state index is 0.179. The molecule has 1 aromatic heterocycles. The van der Waals surface area contributed by atoms with E-state index in [4.69, 9.17) is 4.74 Å². The molecule has 0 saturated carbocycles. The van der Waals surface area contributed by atoms with E-state index in [1.807, 2.05) is 10.3 Å². The van der Waals surface area contributed by atoms with Gasteiger partial charge in [0, 0.05) is 49.1 Å². The third kappa shape index (κ3) is 4.85. The highest BCUT2D eigenvalue weighted by Gasteiger charge is 2.35. The number of piperidine rings is 1. The quantitative estimate of drug-likeness (QED) is 0.790. The SMILES string of the molecule is CCCc1cc(C(=O)N2CC[C@H](N3CCOCC3)[C@H](CCCO)C2)cs1. The van der Waals surface area contributed by atoms with Gasteiger partial charge in [-0.3, -0.25) is 9.69 Å². The molecular weight excluding hydrogens is 348 g/mol.